The molecule has 102 valence electrons. The standard InChI is InChI=1S/C15H25ClOSi/c1-7-14(12-10-8-9-11-13(12)16)17-18(5,6)15(2,3)4/h8-11,14H,7H2,1-6H3. The summed E-state index contributed by atoms with van der Waals surface area (Å²) in [6, 6.07) is 8.00. The number of hydrogen-bond acceptors (Lipinski definition) is 1. The Kier molecular flexibility index (Phi) is 5.04. The molecule has 1 rings (SSSR count). The molecule has 0 amide bonds. The topological polar surface area (TPSA) is 9.23 Å². The van der Waals surface area contributed by atoms with Gasteiger partial charge in [-0.1, -0.05) is 57.5 Å². The van der Waals surface area contributed by atoms with Gasteiger partial charge in [-0.15, -0.1) is 0 Å². The quantitative estimate of drug-likeness (QED) is 0.634. The molecule has 1 nitrogen and oxygen atoms in total. The highest BCUT2D eigenvalue weighted by Gasteiger charge is 2.39. The normalized spacial score (nSPS) is 14.6. The summed E-state index contributed by atoms with van der Waals surface area (Å²) < 4.78 is 6.47. The van der Waals surface area contributed by atoms with E-state index in [1.54, 1.807) is 0 Å². The van der Waals surface area contributed by atoms with Crippen LogP contribution < -0.4 is 0 Å². The van der Waals surface area contributed by atoms with Crippen molar-refractivity contribution in [3.05, 3.63) is 34.9 Å². The SMILES string of the molecule is CCC(O[Si](C)(C)C(C)(C)C)c1ccccc1Cl. The van der Waals surface area contributed by atoms with Crippen molar-refractivity contribution in [2.24, 2.45) is 0 Å². The molecule has 0 aromatic heterocycles. The van der Waals surface area contributed by atoms with E-state index < -0.39 is 8.32 Å². The third-order valence-corrected chi connectivity index (χ3v) is 8.70. The van der Waals surface area contributed by atoms with Crippen molar-refractivity contribution in [3.8, 4) is 0 Å². The van der Waals surface area contributed by atoms with E-state index in [0.29, 0.717) is 0 Å². The fourth-order valence-electron chi connectivity index (χ4n) is 1.64. The van der Waals surface area contributed by atoms with Gasteiger partial charge >= 0.3 is 0 Å². The van der Waals surface area contributed by atoms with E-state index in [-0.39, 0.29) is 11.1 Å². The largest absolute Gasteiger partial charge is 0.410 e. The molecule has 1 unspecified atom stereocenters. The summed E-state index contributed by atoms with van der Waals surface area (Å²) >= 11 is 6.28. The third kappa shape index (κ3) is 3.59. The highest BCUT2D eigenvalue weighted by molar-refractivity contribution is 6.74. The molecule has 1 aromatic rings. The van der Waals surface area contributed by atoms with Crippen LogP contribution in [0, 0.1) is 0 Å². The summed E-state index contributed by atoms with van der Waals surface area (Å²) in [7, 11) is -1.75. The molecule has 0 saturated carbocycles. The van der Waals surface area contributed by atoms with E-state index in [4.69, 9.17) is 16.0 Å². The molecule has 18 heavy (non-hydrogen) atoms. The van der Waals surface area contributed by atoms with Gasteiger partial charge in [-0.25, -0.2) is 0 Å². The van der Waals surface area contributed by atoms with Gasteiger partial charge in [-0.3, -0.25) is 0 Å². The van der Waals surface area contributed by atoms with E-state index in [0.717, 1.165) is 17.0 Å². The molecule has 0 saturated heterocycles. The predicted molar refractivity (Wildman–Crippen MR) is 82.8 cm³/mol. The van der Waals surface area contributed by atoms with E-state index in [1.807, 2.05) is 18.2 Å². The second kappa shape index (κ2) is 5.77. The molecular weight excluding hydrogens is 260 g/mol. The molecule has 0 aliphatic heterocycles. The first-order chi connectivity index (χ1) is 8.19. The molecule has 0 aliphatic rings. The zero-order chi connectivity index (χ0) is 14.0. The Balaban J connectivity index is 2.97. The van der Waals surface area contributed by atoms with Crippen LogP contribution in [0.25, 0.3) is 0 Å². The van der Waals surface area contributed by atoms with Crippen LogP contribution in [0.5, 0.6) is 0 Å². The number of halogens is 1. The van der Waals surface area contributed by atoms with Gasteiger partial charge in [0.15, 0.2) is 8.32 Å². The number of benzene rings is 1. The van der Waals surface area contributed by atoms with Gasteiger partial charge in [0.1, 0.15) is 0 Å². The van der Waals surface area contributed by atoms with Crippen molar-refractivity contribution < 1.29 is 4.43 Å². The molecule has 0 spiro atoms. The summed E-state index contributed by atoms with van der Waals surface area (Å²) in [5.74, 6) is 0. The summed E-state index contributed by atoms with van der Waals surface area (Å²) in [5.41, 5.74) is 1.12. The van der Waals surface area contributed by atoms with Crippen LogP contribution in [0.2, 0.25) is 23.2 Å². The molecule has 3 heteroatoms. The first kappa shape index (κ1) is 15.7. The maximum absolute atomic E-state index is 6.47. The van der Waals surface area contributed by atoms with Crippen molar-refractivity contribution in [1.82, 2.24) is 0 Å². The van der Waals surface area contributed by atoms with Gasteiger partial charge in [-0.2, -0.15) is 0 Å². The van der Waals surface area contributed by atoms with Crippen LogP contribution in [-0.2, 0) is 4.43 Å². The maximum Gasteiger partial charge on any atom is 0.192 e. The summed E-state index contributed by atoms with van der Waals surface area (Å²) in [6.07, 6.45) is 1.07. The highest BCUT2D eigenvalue weighted by atomic mass is 35.5. The molecule has 0 aliphatic carbocycles. The van der Waals surface area contributed by atoms with E-state index in [9.17, 15) is 0 Å². The van der Waals surface area contributed by atoms with Crippen LogP contribution in [0.3, 0.4) is 0 Å². The molecular formula is C15H25ClOSi. The molecule has 0 heterocycles. The van der Waals surface area contributed by atoms with Gasteiger partial charge in [0.2, 0.25) is 0 Å². The van der Waals surface area contributed by atoms with Crippen LogP contribution in [0.1, 0.15) is 45.8 Å². The van der Waals surface area contributed by atoms with E-state index in [1.165, 1.54) is 0 Å². The van der Waals surface area contributed by atoms with Gasteiger partial charge in [0, 0.05) is 5.02 Å². The van der Waals surface area contributed by atoms with Crippen LogP contribution in [0.15, 0.2) is 24.3 Å². The van der Waals surface area contributed by atoms with E-state index in [2.05, 4.69) is 46.9 Å². The van der Waals surface area contributed by atoms with Gasteiger partial charge in [0.05, 0.1) is 6.10 Å². The van der Waals surface area contributed by atoms with Crippen molar-refractivity contribution in [1.29, 1.82) is 0 Å². The minimum atomic E-state index is -1.75. The lowest BCUT2D eigenvalue weighted by molar-refractivity contribution is 0.179. The Hall–Kier alpha value is -0.313. The Labute approximate surface area is 118 Å². The van der Waals surface area contributed by atoms with Crippen LogP contribution >= 0.6 is 11.6 Å². The molecule has 0 fully saturated rings. The average molecular weight is 285 g/mol. The minimum Gasteiger partial charge on any atom is -0.410 e. The van der Waals surface area contributed by atoms with Crippen molar-refractivity contribution in [2.75, 3.05) is 0 Å². The Morgan fingerprint density at radius 1 is 1.22 bits per heavy atom. The van der Waals surface area contributed by atoms with E-state index >= 15 is 0 Å². The third-order valence-electron chi connectivity index (χ3n) is 3.87. The average Bonchev–Trinajstić information content (AvgIpc) is 2.25. The van der Waals surface area contributed by atoms with Crippen molar-refractivity contribution in [2.45, 2.75) is 58.4 Å². The Bertz CT molecular complexity index is 396. The molecule has 1 aromatic carbocycles. The fraction of sp³-hybridized carbons (Fsp3) is 0.600. The first-order valence-electron chi connectivity index (χ1n) is 6.61. The maximum atomic E-state index is 6.47. The minimum absolute atomic E-state index is 0.111. The van der Waals surface area contributed by atoms with Crippen molar-refractivity contribution >= 4 is 19.9 Å². The lowest BCUT2D eigenvalue weighted by Gasteiger charge is -2.39. The zero-order valence-electron chi connectivity index (χ0n) is 12.4. The van der Waals surface area contributed by atoms with Crippen molar-refractivity contribution in [3.63, 3.8) is 0 Å². The number of hydrogen-bond donors (Lipinski definition) is 0. The summed E-state index contributed by atoms with van der Waals surface area (Å²) in [6.45, 7) is 13.5. The van der Waals surface area contributed by atoms with Gasteiger partial charge < -0.3 is 4.43 Å². The summed E-state index contributed by atoms with van der Waals surface area (Å²) in [5, 5.41) is 1.03. The van der Waals surface area contributed by atoms with Crippen LogP contribution in [0.4, 0.5) is 0 Å². The lowest BCUT2D eigenvalue weighted by atomic mass is 10.1. The second-order valence-corrected chi connectivity index (χ2v) is 11.5. The monoisotopic (exact) mass is 284 g/mol. The fourth-order valence-corrected chi connectivity index (χ4v) is 3.25. The highest BCUT2D eigenvalue weighted by Crippen LogP contribution is 2.41. The first-order valence-corrected chi connectivity index (χ1v) is 9.90. The lowest BCUT2D eigenvalue weighted by Crippen LogP contribution is -2.41. The zero-order valence-corrected chi connectivity index (χ0v) is 14.1. The number of rotatable bonds is 4. The smallest absolute Gasteiger partial charge is 0.192 e. The van der Waals surface area contributed by atoms with Gasteiger partial charge in [0.25, 0.3) is 0 Å². The van der Waals surface area contributed by atoms with Crippen LogP contribution in [-0.4, -0.2) is 8.32 Å². The Morgan fingerprint density at radius 2 is 1.78 bits per heavy atom. The van der Waals surface area contributed by atoms with Gasteiger partial charge in [-0.05, 0) is 36.2 Å². The molecule has 0 radical (unpaired) electrons. The predicted octanol–water partition coefficient (Wildman–Crippen LogP) is 5.81. The molecule has 0 N–H and O–H groups in total. The second-order valence-electron chi connectivity index (χ2n) is 6.30. The molecule has 1 atom stereocenters. The molecule has 0 bridgehead atoms. The Morgan fingerprint density at radius 3 is 2.22 bits per heavy atom. The summed E-state index contributed by atoms with van der Waals surface area (Å²) in [4.78, 5) is 0.